The molecule has 0 saturated heterocycles. The second-order valence-electron chi connectivity index (χ2n) is 4.20. The highest BCUT2D eigenvalue weighted by Gasteiger charge is 2.12. The van der Waals surface area contributed by atoms with Gasteiger partial charge in [-0.05, 0) is 36.2 Å². The molecule has 0 bridgehead atoms. The zero-order valence-corrected chi connectivity index (χ0v) is 12.8. The molecule has 106 valence electrons. The van der Waals surface area contributed by atoms with E-state index in [0.717, 1.165) is 5.56 Å². The van der Waals surface area contributed by atoms with Crippen molar-refractivity contribution < 1.29 is 8.42 Å². The maximum Gasteiger partial charge on any atom is 0.240 e. The lowest BCUT2D eigenvalue weighted by Crippen LogP contribution is -2.26. The quantitative estimate of drug-likeness (QED) is 0.912. The van der Waals surface area contributed by atoms with Gasteiger partial charge in [0.1, 0.15) is 0 Å². The van der Waals surface area contributed by atoms with Gasteiger partial charge in [-0.25, -0.2) is 13.1 Å². The molecule has 1 N–H and O–H groups in total. The number of hydrogen-bond donors (Lipinski definition) is 1. The van der Waals surface area contributed by atoms with Crippen LogP contribution < -0.4 is 4.72 Å². The first-order valence-electron chi connectivity index (χ1n) is 5.98. The highest BCUT2D eigenvalue weighted by atomic mass is 35.5. The molecule has 0 aliphatic carbocycles. The largest absolute Gasteiger partial charge is 0.240 e. The Bertz CT molecular complexity index is 688. The molecule has 20 heavy (non-hydrogen) atoms. The Kier molecular flexibility index (Phi) is 5.05. The van der Waals surface area contributed by atoms with Gasteiger partial charge in [0.15, 0.2) is 0 Å². The summed E-state index contributed by atoms with van der Waals surface area (Å²) in [4.78, 5) is 0.252. The first-order chi connectivity index (χ1) is 9.49. The van der Waals surface area contributed by atoms with E-state index in [1.54, 1.807) is 48.5 Å². The van der Waals surface area contributed by atoms with E-state index < -0.39 is 10.0 Å². The fourth-order valence-corrected chi connectivity index (χ4v) is 3.28. The van der Waals surface area contributed by atoms with Gasteiger partial charge in [-0.1, -0.05) is 47.5 Å². The van der Waals surface area contributed by atoms with Gasteiger partial charge >= 0.3 is 0 Å². The second kappa shape index (κ2) is 6.59. The maximum atomic E-state index is 12.0. The Morgan fingerprint density at radius 3 is 2.35 bits per heavy atom. The van der Waals surface area contributed by atoms with Crippen LogP contribution in [0.5, 0.6) is 0 Å². The van der Waals surface area contributed by atoms with Crippen LogP contribution in [0.2, 0.25) is 10.0 Å². The lowest BCUT2D eigenvalue weighted by molar-refractivity contribution is 0.581. The number of sulfonamides is 1. The highest BCUT2D eigenvalue weighted by molar-refractivity contribution is 7.89. The van der Waals surface area contributed by atoms with E-state index in [-0.39, 0.29) is 11.4 Å². The van der Waals surface area contributed by atoms with Gasteiger partial charge < -0.3 is 0 Å². The lowest BCUT2D eigenvalue weighted by atomic mass is 10.1. The fourth-order valence-electron chi connectivity index (χ4n) is 1.73. The molecule has 0 aromatic heterocycles. The van der Waals surface area contributed by atoms with Crippen molar-refractivity contribution in [1.29, 1.82) is 0 Å². The van der Waals surface area contributed by atoms with Crippen molar-refractivity contribution in [2.45, 2.75) is 11.3 Å². The number of nitrogens with one attached hydrogen (secondary N) is 1. The molecular formula is C14H13Cl2NO2S. The lowest BCUT2D eigenvalue weighted by Gasteiger charge is -2.08. The van der Waals surface area contributed by atoms with E-state index >= 15 is 0 Å². The third-order valence-corrected chi connectivity index (χ3v) is 4.82. The molecule has 0 spiro atoms. The van der Waals surface area contributed by atoms with E-state index in [2.05, 4.69) is 4.72 Å². The molecule has 0 heterocycles. The molecule has 0 atom stereocenters. The molecule has 0 fully saturated rings. The molecule has 0 saturated carbocycles. The molecular weight excluding hydrogens is 317 g/mol. The maximum absolute atomic E-state index is 12.0. The smallest absolute Gasteiger partial charge is 0.211 e. The number of hydrogen-bond acceptors (Lipinski definition) is 2. The third kappa shape index (κ3) is 3.96. The highest BCUT2D eigenvalue weighted by Crippen LogP contribution is 2.21. The Balaban J connectivity index is 1.99. The van der Waals surface area contributed by atoms with E-state index in [0.29, 0.717) is 16.5 Å². The van der Waals surface area contributed by atoms with Crippen LogP contribution in [0.1, 0.15) is 5.56 Å². The Morgan fingerprint density at radius 1 is 1.00 bits per heavy atom. The van der Waals surface area contributed by atoms with Gasteiger partial charge in [-0.15, -0.1) is 0 Å². The van der Waals surface area contributed by atoms with E-state index in [9.17, 15) is 8.42 Å². The molecule has 2 aromatic rings. The SMILES string of the molecule is O=S(=O)(NCCc1ccc(Cl)cc1Cl)c1ccccc1. The average Bonchev–Trinajstić information content (AvgIpc) is 2.42. The molecule has 2 aromatic carbocycles. The van der Waals surface area contributed by atoms with Crippen LogP contribution in [0.15, 0.2) is 53.4 Å². The van der Waals surface area contributed by atoms with Gasteiger partial charge in [0.05, 0.1) is 4.90 Å². The summed E-state index contributed by atoms with van der Waals surface area (Å²) in [6, 6.07) is 13.4. The van der Waals surface area contributed by atoms with Crippen LogP contribution >= 0.6 is 23.2 Å². The van der Waals surface area contributed by atoms with Gasteiger partial charge in [-0.3, -0.25) is 0 Å². The van der Waals surface area contributed by atoms with Crippen LogP contribution in [0.25, 0.3) is 0 Å². The van der Waals surface area contributed by atoms with E-state index in [1.165, 1.54) is 0 Å². The first-order valence-corrected chi connectivity index (χ1v) is 8.21. The average molecular weight is 330 g/mol. The van der Waals surface area contributed by atoms with Gasteiger partial charge in [0.25, 0.3) is 0 Å². The molecule has 0 radical (unpaired) electrons. The summed E-state index contributed by atoms with van der Waals surface area (Å²) in [5, 5.41) is 1.10. The predicted octanol–water partition coefficient (Wildman–Crippen LogP) is 3.51. The molecule has 3 nitrogen and oxygen atoms in total. The zero-order valence-electron chi connectivity index (χ0n) is 10.5. The van der Waals surface area contributed by atoms with Crippen molar-refractivity contribution in [1.82, 2.24) is 4.72 Å². The van der Waals surface area contributed by atoms with Crippen molar-refractivity contribution in [3.8, 4) is 0 Å². The molecule has 6 heteroatoms. The fraction of sp³-hybridized carbons (Fsp3) is 0.143. The summed E-state index contributed by atoms with van der Waals surface area (Å²) in [6.45, 7) is 0.276. The van der Waals surface area contributed by atoms with Crippen molar-refractivity contribution in [2.75, 3.05) is 6.54 Å². The summed E-state index contributed by atoms with van der Waals surface area (Å²) in [5.41, 5.74) is 0.854. The van der Waals surface area contributed by atoms with Crippen molar-refractivity contribution >= 4 is 33.2 Å². The zero-order chi connectivity index (χ0) is 14.6. The van der Waals surface area contributed by atoms with Gasteiger partial charge in [-0.2, -0.15) is 0 Å². The number of benzene rings is 2. The Hall–Kier alpha value is -1.07. The Morgan fingerprint density at radius 2 is 1.70 bits per heavy atom. The van der Waals surface area contributed by atoms with Crippen LogP contribution in [0.4, 0.5) is 0 Å². The van der Waals surface area contributed by atoms with E-state index in [1.807, 2.05) is 0 Å². The Labute approximate surface area is 128 Å². The van der Waals surface area contributed by atoms with Crippen LogP contribution in [-0.2, 0) is 16.4 Å². The molecule has 0 aliphatic heterocycles. The van der Waals surface area contributed by atoms with Crippen LogP contribution in [0.3, 0.4) is 0 Å². The van der Waals surface area contributed by atoms with Crippen molar-refractivity contribution in [3.05, 3.63) is 64.1 Å². The first kappa shape index (κ1) is 15.3. The number of halogens is 2. The minimum atomic E-state index is -3.47. The predicted molar refractivity (Wildman–Crippen MR) is 81.8 cm³/mol. The van der Waals surface area contributed by atoms with E-state index in [4.69, 9.17) is 23.2 Å². The normalized spacial score (nSPS) is 11.5. The molecule has 0 amide bonds. The van der Waals surface area contributed by atoms with Crippen LogP contribution in [-0.4, -0.2) is 15.0 Å². The van der Waals surface area contributed by atoms with Crippen molar-refractivity contribution in [2.24, 2.45) is 0 Å². The summed E-state index contributed by atoms with van der Waals surface area (Å²) in [5.74, 6) is 0. The standard InChI is InChI=1S/C14H13Cl2NO2S/c15-12-7-6-11(14(16)10-12)8-9-17-20(18,19)13-4-2-1-3-5-13/h1-7,10,17H,8-9H2. The third-order valence-electron chi connectivity index (χ3n) is 2.76. The second-order valence-corrected chi connectivity index (χ2v) is 6.81. The monoisotopic (exact) mass is 329 g/mol. The topological polar surface area (TPSA) is 46.2 Å². The van der Waals surface area contributed by atoms with Crippen LogP contribution in [0, 0.1) is 0 Å². The van der Waals surface area contributed by atoms with Gasteiger partial charge in [0, 0.05) is 16.6 Å². The van der Waals surface area contributed by atoms with Gasteiger partial charge in [0.2, 0.25) is 10.0 Å². The summed E-state index contributed by atoms with van der Waals surface area (Å²) >= 11 is 11.8. The number of rotatable bonds is 5. The molecule has 0 unspecified atom stereocenters. The minimum absolute atomic E-state index is 0.252. The summed E-state index contributed by atoms with van der Waals surface area (Å²) < 4.78 is 26.5. The summed E-state index contributed by atoms with van der Waals surface area (Å²) in [7, 11) is -3.47. The summed E-state index contributed by atoms with van der Waals surface area (Å²) in [6.07, 6.45) is 0.502. The molecule has 2 rings (SSSR count). The van der Waals surface area contributed by atoms with Crippen molar-refractivity contribution in [3.63, 3.8) is 0 Å². The minimum Gasteiger partial charge on any atom is -0.211 e. The molecule has 0 aliphatic rings.